The van der Waals surface area contributed by atoms with Crippen LogP contribution in [0.1, 0.15) is 12.0 Å². The standard InChI is InChI=1S/C16H16ClN3O4S2/c17-15-8-7-14(26(23,24)19-10-4-9-18)11-16(15)20-25(21,22)12-13-5-2-1-3-6-13/h1-3,5-8,11,19-20H,4,10,12H2. The Morgan fingerprint density at radius 2 is 1.73 bits per heavy atom. The van der Waals surface area contributed by atoms with Gasteiger partial charge in [-0.05, 0) is 23.8 Å². The van der Waals surface area contributed by atoms with E-state index in [0.29, 0.717) is 5.56 Å². The number of halogens is 1. The lowest BCUT2D eigenvalue weighted by Gasteiger charge is -2.12. The molecule has 0 amide bonds. The maximum absolute atomic E-state index is 12.3. The minimum atomic E-state index is -3.88. The van der Waals surface area contributed by atoms with Crippen molar-refractivity contribution in [2.75, 3.05) is 11.3 Å². The number of nitriles is 1. The van der Waals surface area contributed by atoms with Gasteiger partial charge in [0.2, 0.25) is 20.0 Å². The molecule has 0 bridgehead atoms. The van der Waals surface area contributed by atoms with E-state index in [9.17, 15) is 16.8 Å². The van der Waals surface area contributed by atoms with E-state index < -0.39 is 20.0 Å². The summed E-state index contributed by atoms with van der Waals surface area (Å²) in [4.78, 5) is -0.155. The molecular formula is C16H16ClN3O4S2. The molecule has 26 heavy (non-hydrogen) atoms. The summed E-state index contributed by atoms with van der Waals surface area (Å²) in [5.41, 5.74) is 0.545. The highest BCUT2D eigenvalue weighted by atomic mass is 35.5. The van der Waals surface area contributed by atoms with Gasteiger partial charge in [-0.2, -0.15) is 5.26 Å². The normalized spacial score (nSPS) is 11.7. The first-order chi connectivity index (χ1) is 12.2. The van der Waals surface area contributed by atoms with E-state index in [4.69, 9.17) is 16.9 Å². The van der Waals surface area contributed by atoms with Crippen LogP contribution in [0.5, 0.6) is 0 Å². The molecule has 0 heterocycles. The van der Waals surface area contributed by atoms with Gasteiger partial charge in [-0.1, -0.05) is 41.9 Å². The number of hydrogen-bond acceptors (Lipinski definition) is 5. The van der Waals surface area contributed by atoms with E-state index in [1.807, 2.05) is 6.07 Å². The Kier molecular flexibility index (Phi) is 6.61. The summed E-state index contributed by atoms with van der Waals surface area (Å²) in [6.45, 7) is -0.0451. The summed E-state index contributed by atoms with van der Waals surface area (Å²) in [6, 6.07) is 14.1. The molecule has 0 atom stereocenters. The van der Waals surface area contributed by atoms with Gasteiger partial charge >= 0.3 is 0 Å². The Labute approximate surface area is 157 Å². The second-order valence-electron chi connectivity index (χ2n) is 5.29. The first kappa shape index (κ1) is 20.2. The highest BCUT2D eigenvalue weighted by Crippen LogP contribution is 2.26. The van der Waals surface area contributed by atoms with Crippen LogP contribution in [-0.4, -0.2) is 23.4 Å². The number of benzene rings is 2. The van der Waals surface area contributed by atoms with Gasteiger partial charge in [0.15, 0.2) is 0 Å². The molecule has 2 aromatic carbocycles. The summed E-state index contributed by atoms with van der Waals surface area (Å²) >= 11 is 6.00. The van der Waals surface area contributed by atoms with Crippen LogP contribution >= 0.6 is 11.6 Å². The molecule has 2 rings (SSSR count). The van der Waals surface area contributed by atoms with Crippen molar-refractivity contribution in [2.24, 2.45) is 0 Å². The Balaban J connectivity index is 2.23. The third-order valence-electron chi connectivity index (χ3n) is 3.24. The summed E-state index contributed by atoms with van der Waals surface area (Å²) in [5, 5.41) is 8.55. The fourth-order valence-electron chi connectivity index (χ4n) is 2.07. The highest BCUT2D eigenvalue weighted by Gasteiger charge is 2.18. The molecule has 0 aliphatic heterocycles. The molecule has 2 N–H and O–H groups in total. The smallest absolute Gasteiger partial charge is 0.240 e. The maximum atomic E-state index is 12.3. The predicted molar refractivity (Wildman–Crippen MR) is 99.6 cm³/mol. The third kappa shape index (κ3) is 5.71. The molecular weight excluding hydrogens is 398 g/mol. The zero-order chi connectivity index (χ0) is 19.2. The van der Waals surface area contributed by atoms with Crippen LogP contribution in [0.25, 0.3) is 0 Å². The van der Waals surface area contributed by atoms with Crippen LogP contribution < -0.4 is 9.44 Å². The van der Waals surface area contributed by atoms with Crippen molar-refractivity contribution in [1.29, 1.82) is 5.26 Å². The summed E-state index contributed by atoms with van der Waals surface area (Å²) in [5.74, 6) is -0.276. The molecule has 0 aliphatic carbocycles. The van der Waals surface area contributed by atoms with Crippen molar-refractivity contribution < 1.29 is 16.8 Å². The molecule has 0 fully saturated rings. The molecule has 0 unspecified atom stereocenters. The van der Waals surface area contributed by atoms with Gasteiger partial charge in [-0.25, -0.2) is 21.6 Å². The lowest BCUT2D eigenvalue weighted by atomic mass is 10.2. The van der Waals surface area contributed by atoms with E-state index in [1.165, 1.54) is 12.1 Å². The van der Waals surface area contributed by atoms with Crippen LogP contribution in [0.3, 0.4) is 0 Å². The van der Waals surface area contributed by atoms with Crippen LogP contribution in [0, 0.1) is 11.3 Å². The third-order valence-corrected chi connectivity index (χ3v) is 6.27. The second kappa shape index (κ2) is 8.51. The molecule has 2 aromatic rings. The lowest BCUT2D eigenvalue weighted by molar-refractivity contribution is 0.582. The minimum Gasteiger partial charge on any atom is -0.282 e. The number of nitrogens with one attached hydrogen (secondary N) is 2. The Morgan fingerprint density at radius 3 is 2.38 bits per heavy atom. The maximum Gasteiger partial charge on any atom is 0.240 e. The lowest BCUT2D eigenvalue weighted by Crippen LogP contribution is -2.25. The molecule has 0 saturated heterocycles. The number of hydrogen-bond donors (Lipinski definition) is 2. The Hall–Kier alpha value is -2.12. The fraction of sp³-hybridized carbons (Fsp3) is 0.188. The Bertz CT molecular complexity index is 1020. The van der Waals surface area contributed by atoms with Crippen molar-refractivity contribution in [1.82, 2.24) is 4.72 Å². The molecule has 0 aliphatic rings. The van der Waals surface area contributed by atoms with Gasteiger partial charge in [0.25, 0.3) is 0 Å². The van der Waals surface area contributed by atoms with Crippen molar-refractivity contribution in [3.05, 3.63) is 59.1 Å². The summed E-state index contributed by atoms with van der Waals surface area (Å²) < 4.78 is 53.6. The van der Waals surface area contributed by atoms with Crippen molar-refractivity contribution in [2.45, 2.75) is 17.1 Å². The largest absolute Gasteiger partial charge is 0.282 e. The van der Waals surface area contributed by atoms with Crippen LogP contribution in [0.4, 0.5) is 5.69 Å². The van der Waals surface area contributed by atoms with Gasteiger partial charge < -0.3 is 0 Å². The van der Waals surface area contributed by atoms with E-state index in [2.05, 4.69) is 9.44 Å². The topological polar surface area (TPSA) is 116 Å². The zero-order valence-corrected chi connectivity index (χ0v) is 15.9. The van der Waals surface area contributed by atoms with E-state index in [1.54, 1.807) is 30.3 Å². The number of rotatable bonds is 8. The van der Waals surface area contributed by atoms with Gasteiger partial charge in [0, 0.05) is 13.0 Å². The van der Waals surface area contributed by atoms with E-state index in [-0.39, 0.29) is 34.3 Å². The quantitative estimate of drug-likeness (QED) is 0.645. The van der Waals surface area contributed by atoms with E-state index in [0.717, 1.165) is 6.07 Å². The monoisotopic (exact) mass is 413 g/mol. The minimum absolute atomic E-state index is 0.0172. The molecule has 0 spiro atoms. The SMILES string of the molecule is N#CCCNS(=O)(=O)c1ccc(Cl)c(NS(=O)(=O)Cc2ccccc2)c1. The average molecular weight is 414 g/mol. The zero-order valence-electron chi connectivity index (χ0n) is 13.5. The van der Waals surface area contributed by atoms with Crippen molar-refractivity contribution in [3.8, 4) is 6.07 Å². The van der Waals surface area contributed by atoms with E-state index >= 15 is 0 Å². The van der Waals surface area contributed by atoms with Crippen molar-refractivity contribution in [3.63, 3.8) is 0 Å². The average Bonchev–Trinajstić information content (AvgIpc) is 2.57. The Morgan fingerprint density at radius 1 is 1.04 bits per heavy atom. The molecule has 7 nitrogen and oxygen atoms in total. The first-order valence-electron chi connectivity index (χ1n) is 7.44. The molecule has 138 valence electrons. The van der Waals surface area contributed by atoms with Gasteiger partial charge in [-0.15, -0.1) is 0 Å². The fourth-order valence-corrected chi connectivity index (χ4v) is 4.56. The first-order valence-corrected chi connectivity index (χ1v) is 11.0. The number of anilines is 1. The molecule has 0 saturated carbocycles. The molecule has 0 radical (unpaired) electrons. The van der Waals surface area contributed by atoms with Gasteiger partial charge in [0.1, 0.15) is 0 Å². The highest BCUT2D eigenvalue weighted by molar-refractivity contribution is 7.92. The predicted octanol–water partition coefficient (Wildman–Crippen LogP) is 2.47. The van der Waals surface area contributed by atoms with Gasteiger partial charge in [-0.3, -0.25) is 4.72 Å². The van der Waals surface area contributed by atoms with Crippen molar-refractivity contribution >= 4 is 37.3 Å². The molecule has 10 heteroatoms. The number of sulfonamides is 2. The number of nitrogens with zero attached hydrogens (tertiary/aromatic N) is 1. The van der Waals surface area contributed by atoms with Crippen LogP contribution in [0.15, 0.2) is 53.4 Å². The summed E-state index contributed by atoms with van der Waals surface area (Å²) in [6.07, 6.45) is 0.0172. The second-order valence-corrected chi connectivity index (χ2v) is 9.19. The van der Waals surface area contributed by atoms with Gasteiger partial charge in [0.05, 0.1) is 27.4 Å². The summed E-state index contributed by atoms with van der Waals surface area (Å²) in [7, 11) is -7.67. The molecule has 0 aromatic heterocycles. The van der Waals surface area contributed by atoms with Crippen LogP contribution in [-0.2, 0) is 25.8 Å². The van der Waals surface area contributed by atoms with Crippen LogP contribution in [0.2, 0.25) is 5.02 Å².